The highest BCUT2D eigenvalue weighted by Gasteiger charge is 2.25. The minimum atomic E-state index is -4.25. The van der Waals surface area contributed by atoms with Crippen LogP contribution in [0.1, 0.15) is 12.0 Å². The van der Waals surface area contributed by atoms with Gasteiger partial charge in [-0.3, -0.25) is 19.7 Å². The van der Waals surface area contributed by atoms with Crippen LogP contribution in [0.5, 0.6) is 0 Å². The van der Waals surface area contributed by atoms with Crippen molar-refractivity contribution in [3.63, 3.8) is 0 Å². The summed E-state index contributed by atoms with van der Waals surface area (Å²) in [7, 11) is -0.297. The van der Waals surface area contributed by atoms with E-state index in [1.54, 1.807) is 11.8 Å². The summed E-state index contributed by atoms with van der Waals surface area (Å²) < 4.78 is 30.0. The summed E-state index contributed by atoms with van der Waals surface area (Å²) in [6, 6.07) is 38.6. The van der Waals surface area contributed by atoms with Gasteiger partial charge in [-0.1, -0.05) is 66.7 Å². The number of anilines is 3. The Morgan fingerprint density at radius 2 is 1.58 bits per heavy atom. The summed E-state index contributed by atoms with van der Waals surface area (Å²) >= 11 is 1.66. The Kier molecular flexibility index (Phi) is 12.6. The Morgan fingerprint density at radius 3 is 2.32 bits per heavy atom. The zero-order valence-electron chi connectivity index (χ0n) is 32.0. The fraction of sp³-hybridized carbons (Fsp3) is 0.256. The van der Waals surface area contributed by atoms with Crippen LogP contribution in [-0.2, 0) is 16.6 Å². The van der Waals surface area contributed by atoms with E-state index < -0.39 is 14.9 Å². The molecule has 2 heterocycles. The van der Waals surface area contributed by atoms with E-state index in [0.29, 0.717) is 16.7 Å². The number of nitro benzene ring substituents is 1. The zero-order chi connectivity index (χ0) is 39.8. The topological polar surface area (TPSA) is 137 Å². The van der Waals surface area contributed by atoms with Gasteiger partial charge in [0.1, 0.15) is 12.0 Å². The number of thioether (sulfide) groups is 1. The maximum atomic E-state index is 13.7. The van der Waals surface area contributed by atoms with Gasteiger partial charge in [-0.05, 0) is 92.3 Å². The van der Waals surface area contributed by atoms with Gasteiger partial charge in [-0.25, -0.2) is 18.4 Å². The Bertz CT molecular complexity index is 2410. The lowest BCUT2D eigenvalue weighted by Gasteiger charge is -2.36. The average Bonchev–Trinajstić information content (AvgIpc) is 3.22. The van der Waals surface area contributed by atoms with Crippen LogP contribution >= 0.6 is 11.8 Å². The predicted molar refractivity (Wildman–Crippen MR) is 231 cm³/mol. The fourth-order valence-electron chi connectivity index (χ4n) is 6.91. The molecule has 1 unspecified atom stereocenters. The van der Waals surface area contributed by atoms with Crippen LogP contribution in [0.2, 0.25) is 0 Å². The molecule has 1 aliphatic rings. The molecule has 0 aliphatic carbocycles. The molecule has 0 bridgehead atoms. The molecule has 0 amide bonds. The summed E-state index contributed by atoms with van der Waals surface area (Å²) in [5.74, 6) is 0.764. The highest BCUT2D eigenvalue weighted by molar-refractivity contribution is 7.99. The normalized spacial score (nSPS) is 14.1. The van der Waals surface area contributed by atoms with Gasteiger partial charge in [0.25, 0.3) is 15.7 Å². The third-order valence-electron chi connectivity index (χ3n) is 9.98. The smallest absolute Gasteiger partial charge is 0.293 e. The van der Waals surface area contributed by atoms with Crippen molar-refractivity contribution in [1.82, 2.24) is 19.8 Å². The Morgan fingerprint density at radius 1 is 0.842 bits per heavy atom. The van der Waals surface area contributed by atoms with Gasteiger partial charge in [0, 0.05) is 66.6 Å². The molecule has 1 fully saturated rings. The van der Waals surface area contributed by atoms with Crippen molar-refractivity contribution in [2.24, 2.45) is 0 Å². The summed E-state index contributed by atoms with van der Waals surface area (Å²) in [5.41, 5.74) is 5.22. The van der Waals surface area contributed by atoms with E-state index in [4.69, 9.17) is 0 Å². The van der Waals surface area contributed by atoms with Gasteiger partial charge in [-0.2, -0.15) is 0 Å². The molecular formula is C43H46N8O4S2. The largest absolute Gasteiger partial charge is 0.376 e. The third-order valence-corrected chi connectivity index (χ3v) is 12.5. The molecule has 1 aliphatic heterocycles. The molecule has 0 spiro atoms. The molecule has 12 nitrogen and oxygen atoms in total. The number of nitro groups is 1. The van der Waals surface area contributed by atoms with Crippen molar-refractivity contribution in [2.75, 3.05) is 67.5 Å². The Labute approximate surface area is 338 Å². The first-order valence-electron chi connectivity index (χ1n) is 18.9. The van der Waals surface area contributed by atoms with E-state index in [0.717, 1.165) is 62.3 Å². The predicted octanol–water partition coefficient (Wildman–Crippen LogP) is 7.85. The second kappa shape index (κ2) is 18.2. The summed E-state index contributed by atoms with van der Waals surface area (Å²) in [5, 5.41) is 16.1. The van der Waals surface area contributed by atoms with Crippen molar-refractivity contribution in [3.05, 3.63) is 143 Å². The standard InChI is InChI=1S/C43H46N8O4S2/c1-48(2)21-20-35(30-56-37-14-7-4-8-15-37)46-40-19-17-38(28-42(40)51(52)53)57(54,55)47-43-39-18-16-36(27-41(39)44-31-45-43)50-24-22-49(23-25-50)29-32-10-9-13-34(26-32)33-11-5-3-6-12-33/h3-19,26-28,31,35,46H,20-25,29-30H2,1-2H3,(H,44,45,47). The molecule has 7 rings (SSSR count). The molecule has 1 saturated heterocycles. The van der Waals surface area contributed by atoms with E-state index in [1.807, 2.05) is 68.7 Å². The first-order chi connectivity index (χ1) is 27.6. The third kappa shape index (κ3) is 10.3. The van der Waals surface area contributed by atoms with Crippen LogP contribution in [0.15, 0.2) is 137 Å². The van der Waals surface area contributed by atoms with Crippen LogP contribution in [0.4, 0.5) is 22.9 Å². The summed E-state index contributed by atoms with van der Waals surface area (Å²) in [4.78, 5) is 28.1. The van der Waals surface area contributed by atoms with Crippen molar-refractivity contribution >= 4 is 55.6 Å². The average molecular weight is 803 g/mol. The van der Waals surface area contributed by atoms with E-state index >= 15 is 0 Å². The van der Waals surface area contributed by atoms with Gasteiger partial charge in [0.2, 0.25) is 0 Å². The monoisotopic (exact) mass is 802 g/mol. The molecule has 14 heteroatoms. The van der Waals surface area contributed by atoms with Crippen molar-refractivity contribution in [1.29, 1.82) is 0 Å². The van der Waals surface area contributed by atoms with Crippen LogP contribution in [0, 0.1) is 10.1 Å². The minimum absolute atomic E-state index is 0.0978. The Balaban J connectivity index is 1.01. The van der Waals surface area contributed by atoms with Gasteiger partial charge in [0.15, 0.2) is 5.82 Å². The molecule has 5 aromatic carbocycles. The Hall–Kier alpha value is -5.54. The molecular weight excluding hydrogens is 757 g/mol. The van der Waals surface area contributed by atoms with E-state index in [1.165, 1.54) is 35.2 Å². The van der Waals surface area contributed by atoms with Crippen molar-refractivity contribution in [2.45, 2.75) is 28.8 Å². The molecule has 2 N–H and O–H groups in total. The van der Waals surface area contributed by atoms with E-state index in [9.17, 15) is 18.5 Å². The first-order valence-corrected chi connectivity index (χ1v) is 21.3. The first kappa shape index (κ1) is 39.7. The number of hydrogen-bond donors (Lipinski definition) is 2. The van der Waals surface area contributed by atoms with Gasteiger partial charge < -0.3 is 15.1 Å². The lowest BCUT2D eigenvalue weighted by Crippen LogP contribution is -2.45. The molecule has 0 radical (unpaired) electrons. The van der Waals surface area contributed by atoms with Crippen LogP contribution in [0.25, 0.3) is 22.0 Å². The number of piperazine rings is 1. The SMILES string of the molecule is CN(C)CCC(CSc1ccccc1)Nc1ccc(S(=O)(=O)Nc2ncnc3cc(N4CCN(Cc5cccc(-c6ccccc6)c5)CC4)ccc23)cc1[N+](=O)[O-]. The minimum Gasteiger partial charge on any atom is -0.376 e. The molecule has 1 atom stereocenters. The fourth-order valence-corrected chi connectivity index (χ4v) is 8.95. The van der Waals surface area contributed by atoms with Crippen LogP contribution in [0.3, 0.4) is 0 Å². The van der Waals surface area contributed by atoms with E-state index in [-0.39, 0.29) is 28.1 Å². The van der Waals surface area contributed by atoms with Gasteiger partial charge in [0.05, 0.1) is 15.3 Å². The molecule has 57 heavy (non-hydrogen) atoms. The van der Waals surface area contributed by atoms with Crippen LogP contribution in [-0.4, -0.2) is 91.7 Å². The van der Waals surface area contributed by atoms with Gasteiger partial charge in [-0.15, -0.1) is 11.8 Å². The quantitative estimate of drug-likeness (QED) is 0.0563. The lowest BCUT2D eigenvalue weighted by molar-refractivity contribution is -0.384. The molecule has 294 valence electrons. The summed E-state index contributed by atoms with van der Waals surface area (Å²) in [6.07, 6.45) is 2.05. The molecule has 6 aromatic rings. The number of aromatic nitrogens is 2. The zero-order valence-corrected chi connectivity index (χ0v) is 33.6. The maximum absolute atomic E-state index is 13.7. The number of benzene rings is 5. The second-order valence-electron chi connectivity index (χ2n) is 14.4. The number of sulfonamides is 1. The van der Waals surface area contributed by atoms with Gasteiger partial charge >= 0.3 is 0 Å². The number of fused-ring (bicyclic) bond motifs is 1. The highest BCUT2D eigenvalue weighted by Crippen LogP contribution is 2.32. The molecule has 0 saturated carbocycles. The number of hydrogen-bond acceptors (Lipinski definition) is 11. The number of nitrogens with one attached hydrogen (secondary N) is 2. The molecule has 1 aromatic heterocycles. The van der Waals surface area contributed by atoms with Crippen molar-refractivity contribution < 1.29 is 13.3 Å². The number of nitrogens with zero attached hydrogens (tertiary/aromatic N) is 6. The van der Waals surface area contributed by atoms with Crippen molar-refractivity contribution in [3.8, 4) is 11.1 Å². The highest BCUT2D eigenvalue weighted by atomic mass is 32.2. The second-order valence-corrected chi connectivity index (χ2v) is 17.1. The van der Waals surface area contributed by atoms with E-state index in [2.05, 4.69) is 83.2 Å². The van der Waals surface area contributed by atoms with Crippen LogP contribution < -0.4 is 14.9 Å². The number of rotatable bonds is 16. The summed E-state index contributed by atoms with van der Waals surface area (Å²) in [6.45, 7) is 5.10. The lowest BCUT2D eigenvalue weighted by atomic mass is 10.0. The maximum Gasteiger partial charge on any atom is 0.293 e.